The van der Waals surface area contributed by atoms with Crippen LogP contribution in [0, 0.1) is 0 Å². The van der Waals surface area contributed by atoms with Crippen molar-refractivity contribution < 1.29 is 9.53 Å². The van der Waals surface area contributed by atoms with Crippen LogP contribution in [0.4, 0.5) is 5.69 Å². The highest BCUT2D eigenvalue weighted by Gasteiger charge is 2.01. The molecule has 3 aromatic rings. The molecule has 0 unspecified atom stereocenters. The molecule has 2 aromatic heterocycles. The first-order valence-corrected chi connectivity index (χ1v) is 7.73. The number of hydrogen-bond donors (Lipinski definition) is 3. The van der Waals surface area contributed by atoms with E-state index < -0.39 is 5.91 Å². The molecule has 0 radical (unpaired) electrons. The topological polar surface area (TPSA) is 106 Å². The van der Waals surface area contributed by atoms with Crippen LogP contribution in [0.3, 0.4) is 0 Å². The lowest BCUT2D eigenvalue weighted by Gasteiger charge is -2.07. The van der Waals surface area contributed by atoms with Gasteiger partial charge >= 0.3 is 0 Å². The van der Waals surface area contributed by atoms with Crippen molar-refractivity contribution in [3.8, 4) is 5.75 Å². The third kappa shape index (κ3) is 5.82. The van der Waals surface area contributed by atoms with Gasteiger partial charge in [0.05, 0.1) is 29.6 Å². The van der Waals surface area contributed by atoms with Crippen molar-refractivity contribution in [1.29, 1.82) is 0 Å². The number of carbonyl (C=O) groups excluding carboxylic acids is 1. The summed E-state index contributed by atoms with van der Waals surface area (Å²) >= 11 is 6.02. The molecule has 2 heterocycles. The Bertz CT molecular complexity index is 794. The largest absolute Gasteiger partial charge is 0.495 e. The van der Waals surface area contributed by atoms with Gasteiger partial charge in [-0.2, -0.15) is 5.10 Å². The molecule has 8 heteroatoms. The summed E-state index contributed by atoms with van der Waals surface area (Å²) in [6, 6.07) is 9.00. The number of aromatic nitrogens is 3. The number of hydrogen-bond acceptors (Lipinski definition) is 5. The maximum absolute atomic E-state index is 10.4. The Kier molecular flexibility index (Phi) is 6.79. The fraction of sp³-hybridized carbons (Fsp3) is 0.118. The van der Waals surface area contributed by atoms with E-state index in [2.05, 4.69) is 20.5 Å². The lowest BCUT2D eigenvalue weighted by Crippen LogP contribution is -2.10. The summed E-state index contributed by atoms with van der Waals surface area (Å²) in [6.45, 7) is 0.698. The van der Waals surface area contributed by atoms with Gasteiger partial charge in [-0.3, -0.25) is 14.9 Å². The van der Waals surface area contributed by atoms with Crippen LogP contribution in [0.5, 0.6) is 5.75 Å². The smallest absolute Gasteiger partial charge is 0.250 e. The zero-order chi connectivity index (χ0) is 18.1. The molecule has 25 heavy (non-hydrogen) atoms. The number of primary amides is 1. The Balaban J connectivity index is 0.000000212. The van der Waals surface area contributed by atoms with Gasteiger partial charge in [0.15, 0.2) is 0 Å². The molecule has 130 valence electrons. The predicted octanol–water partition coefficient (Wildman–Crippen LogP) is 2.86. The Morgan fingerprint density at radius 2 is 2.20 bits per heavy atom. The van der Waals surface area contributed by atoms with Crippen LogP contribution < -0.4 is 15.8 Å². The number of amides is 1. The molecule has 1 aromatic carbocycles. The van der Waals surface area contributed by atoms with Crippen molar-refractivity contribution in [1.82, 2.24) is 15.2 Å². The second kappa shape index (κ2) is 9.29. The van der Waals surface area contributed by atoms with Gasteiger partial charge in [-0.15, -0.1) is 0 Å². The molecule has 0 bridgehead atoms. The van der Waals surface area contributed by atoms with Gasteiger partial charge in [0.2, 0.25) is 5.91 Å². The zero-order valence-corrected chi connectivity index (χ0v) is 14.3. The van der Waals surface area contributed by atoms with Crippen LogP contribution in [0.2, 0.25) is 5.02 Å². The minimum Gasteiger partial charge on any atom is -0.495 e. The number of nitrogens with one attached hydrogen (secondary N) is 2. The third-order valence-corrected chi connectivity index (χ3v) is 3.45. The lowest BCUT2D eigenvalue weighted by atomic mass is 10.2. The average Bonchev–Trinajstić information content (AvgIpc) is 3.15. The van der Waals surface area contributed by atoms with E-state index in [1.54, 1.807) is 37.8 Å². The second-order valence-electron chi connectivity index (χ2n) is 4.92. The molecule has 7 nitrogen and oxygen atoms in total. The number of ether oxygens (including phenoxy) is 1. The highest BCUT2D eigenvalue weighted by molar-refractivity contribution is 6.32. The maximum Gasteiger partial charge on any atom is 0.250 e. The number of halogens is 1. The molecule has 4 N–H and O–H groups in total. The lowest BCUT2D eigenvalue weighted by molar-refractivity contribution is 0.1000. The first-order valence-electron chi connectivity index (χ1n) is 7.35. The van der Waals surface area contributed by atoms with E-state index in [1.165, 1.54) is 6.20 Å². The van der Waals surface area contributed by atoms with Crippen LogP contribution in [-0.4, -0.2) is 28.2 Å². The summed E-state index contributed by atoms with van der Waals surface area (Å²) < 4.78 is 5.08. The van der Waals surface area contributed by atoms with Crippen molar-refractivity contribution in [3.05, 3.63) is 71.3 Å². The fourth-order valence-electron chi connectivity index (χ4n) is 1.88. The standard InChI is InChI=1S/C11H12ClN3O.C6H6N2O/c1-16-11-3-2-8(4-10(11)12)5-13-9-6-14-15-7-9;7-6(9)5-2-1-3-8-4-5/h2-4,6-7,13H,5H2,1H3,(H,14,15);1-4H,(H2,7,9). The predicted molar refractivity (Wildman–Crippen MR) is 96.7 cm³/mol. The number of carbonyl (C=O) groups is 1. The number of nitrogens with two attached hydrogens (primary N) is 1. The van der Waals surface area contributed by atoms with Crippen LogP contribution in [0.25, 0.3) is 0 Å². The quantitative estimate of drug-likeness (QED) is 0.649. The van der Waals surface area contributed by atoms with Crippen LogP contribution in [0.1, 0.15) is 15.9 Å². The van der Waals surface area contributed by atoms with Crippen LogP contribution in [0.15, 0.2) is 55.1 Å². The monoisotopic (exact) mass is 359 g/mol. The van der Waals surface area contributed by atoms with Crippen molar-refractivity contribution in [2.24, 2.45) is 5.73 Å². The van der Waals surface area contributed by atoms with E-state index >= 15 is 0 Å². The molecule has 3 rings (SSSR count). The number of pyridine rings is 1. The Labute approximate surface area is 150 Å². The summed E-state index contributed by atoms with van der Waals surface area (Å²) in [6.07, 6.45) is 6.55. The average molecular weight is 360 g/mol. The van der Waals surface area contributed by atoms with Crippen LogP contribution in [-0.2, 0) is 6.54 Å². The normalized spacial score (nSPS) is 9.68. The number of methoxy groups -OCH3 is 1. The first-order chi connectivity index (χ1) is 12.1. The van der Waals surface area contributed by atoms with Crippen LogP contribution >= 0.6 is 11.6 Å². The molecule has 0 spiro atoms. The summed E-state index contributed by atoms with van der Waals surface area (Å²) in [5.74, 6) is 0.247. The molecule has 1 amide bonds. The zero-order valence-electron chi connectivity index (χ0n) is 13.6. The number of rotatable bonds is 5. The summed E-state index contributed by atoms with van der Waals surface area (Å²) in [4.78, 5) is 14.1. The number of nitrogens with zero attached hydrogens (tertiary/aromatic N) is 2. The molecular weight excluding hydrogens is 342 g/mol. The summed E-state index contributed by atoms with van der Waals surface area (Å²) in [5, 5.41) is 10.4. The number of benzene rings is 1. The third-order valence-electron chi connectivity index (χ3n) is 3.16. The van der Waals surface area contributed by atoms with Gasteiger partial charge in [0.25, 0.3) is 0 Å². The SMILES string of the molecule is COc1ccc(CNc2cn[nH]c2)cc1Cl.NC(=O)c1cccnc1. The van der Waals surface area contributed by atoms with Crippen molar-refractivity contribution >= 4 is 23.2 Å². The van der Waals surface area contributed by atoms with E-state index in [1.807, 2.05) is 18.2 Å². The van der Waals surface area contributed by atoms with E-state index in [0.29, 0.717) is 22.9 Å². The van der Waals surface area contributed by atoms with Crippen molar-refractivity contribution in [2.75, 3.05) is 12.4 Å². The molecule has 0 aliphatic heterocycles. The maximum atomic E-state index is 10.4. The van der Waals surface area contributed by atoms with E-state index in [4.69, 9.17) is 22.1 Å². The molecule has 0 fully saturated rings. The molecule has 0 atom stereocenters. The minimum atomic E-state index is -0.442. The van der Waals surface area contributed by atoms with Gasteiger partial charge in [0.1, 0.15) is 5.75 Å². The van der Waals surface area contributed by atoms with Crippen molar-refractivity contribution in [2.45, 2.75) is 6.54 Å². The van der Waals surface area contributed by atoms with Gasteiger partial charge < -0.3 is 15.8 Å². The molecule has 0 saturated heterocycles. The summed E-state index contributed by atoms with van der Waals surface area (Å²) in [5.41, 5.74) is 7.42. The van der Waals surface area contributed by atoms with E-state index in [0.717, 1.165) is 11.3 Å². The van der Waals surface area contributed by atoms with Gasteiger partial charge in [-0.05, 0) is 29.8 Å². The number of anilines is 1. The minimum absolute atomic E-state index is 0.442. The van der Waals surface area contributed by atoms with Gasteiger partial charge in [0, 0.05) is 25.1 Å². The molecule has 0 aliphatic rings. The van der Waals surface area contributed by atoms with E-state index in [9.17, 15) is 4.79 Å². The van der Waals surface area contributed by atoms with Gasteiger partial charge in [-0.25, -0.2) is 0 Å². The highest BCUT2D eigenvalue weighted by atomic mass is 35.5. The Morgan fingerprint density at radius 1 is 1.36 bits per heavy atom. The highest BCUT2D eigenvalue weighted by Crippen LogP contribution is 2.25. The Morgan fingerprint density at radius 3 is 2.72 bits per heavy atom. The number of aromatic amines is 1. The molecule has 0 aliphatic carbocycles. The van der Waals surface area contributed by atoms with Crippen molar-refractivity contribution in [3.63, 3.8) is 0 Å². The first kappa shape index (κ1) is 18.3. The number of H-pyrrole nitrogens is 1. The second-order valence-corrected chi connectivity index (χ2v) is 5.32. The van der Waals surface area contributed by atoms with E-state index in [-0.39, 0.29) is 0 Å². The summed E-state index contributed by atoms with van der Waals surface area (Å²) in [7, 11) is 1.60. The molecular formula is C17H18ClN5O2. The Hall–Kier alpha value is -3.06. The fourth-order valence-corrected chi connectivity index (χ4v) is 2.16. The molecule has 0 saturated carbocycles. The van der Waals surface area contributed by atoms with Gasteiger partial charge in [-0.1, -0.05) is 17.7 Å².